The van der Waals surface area contributed by atoms with Crippen molar-refractivity contribution >= 4 is 16.9 Å². The number of amides is 1. The van der Waals surface area contributed by atoms with E-state index in [-0.39, 0.29) is 5.76 Å². The summed E-state index contributed by atoms with van der Waals surface area (Å²) in [6.45, 7) is 0.349. The van der Waals surface area contributed by atoms with Crippen molar-refractivity contribution in [3.63, 3.8) is 0 Å². The molecule has 118 valence electrons. The largest absolute Gasteiger partial charge is 0.484 e. The van der Waals surface area contributed by atoms with Crippen LogP contribution in [0.4, 0.5) is 0 Å². The Morgan fingerprint density at radius 3 is 2.52 bits per heavy atom. The van der Waals surface area contributed by atoms with Gasteiger partial charge in [0.15, 0.2) is 5.75 Å². The van der Waals surface area contributed by atoms with E-state index in [0.29, 0.717) is 17.9 Å². The van der Waals surface area contributed by atoms with Gasteiger partial charge in [-0.3, -0.25) is 9.63 Å². The molecule has 0 bridgehead atoms. The lowest BCUT2D eigenvalue weighted by Gasteiger charge is -2.13. The fourth-order valence-corrected chi connectivity index (χ4v) is 2.26. The summed E-state index contributed by atoms with van der Waals surface area (Å²) in [6.07, 6.45) is 0. The van der Waals surface area contributed by atoms with Crippen molar-refractivity contribution in [2.24, 2.45) is 0 Å². The normalized spacial score (nSPS) is 10.7. The number of benzene rings is 2. The van der Waals surface area contributed by atoms with Gasteiger partial charge >= 0.3 is 5.91 Å². The van der Waals surface area contributed by atoms with E-state index in [1.165, 1.54) is 14.2 Å². The fourth-order valence-electron chi connectivity index (χ4n) is 2.26. The number of para-hydroxylation sites is 1. The van der Waals surface area contributed by atoms with Gasteiger partial charge in [0.05, 0.1) is 12.5 Å². The number of hydrogen-bond donors (Lipinski definition) is 0. The highest BCUT2D eigenvalue weighted by Gasteiger charge is 2.25. The Balaban J connectivity index is 1.97. The molecular formula is C18H17NO4. The molecular weight excluding hydrogens is 294 g/mol. The van der Waals surface area contributed by atoms with Crippen molar-refractivity contribution in [2.75, 3.05) is 14.2 Å². The molecule has 0 fully saturated rings. The molecule has 0 N–H and O–H groups in total. The average molecular weight is 311 g/mol. The van der Waals surface area contributed by atoms with Crippen LogP contribution in [0.1, 0.15) is 16.1 Å². The highest BCUT2D eigenvalue weighted by atomic mass is 16.7. The van der Waals surface area contributed by atoms with Crippen LogP contribution in [0.15, 0.2) is 59.0 Å². The number of carbonyl (C=O) groups excluding carboxylic acids is 1. The number of fused-ring (bicyclic) bond motifs is 1. The standard InChI is InChI=1S/C18H17NO4/c1-19(21-2)18(20)17-16(14-10-6-7-11-15(14)23-17)22-12-13-8-4-3-5-9-13/h3-11H,12H2,1-2H3. The quantitative estimate of drug-likeness (QED) is 0.675. The minimum Gasteiger partial charge on any atom is -0.484 e. The van der Waals surface area contributed by atoms with Crippen LogP contribution in [0.25, 0.3) is 11.0 Å². The lowest BCUT2D eigenvalue weighted by Crippen LogP contribution is -2.25. The Labute approximate surface area is 134 Å². The summed E-state index contributed by atoms with van der Waals surface area (Å²) in [5.74, 6) is 0.164. The summed E-state index contributed by atoms with van der Waals surface area (Å²) in [4.78, 5) is 17.4. The molecule has 2 aromatic carbocycles. The second-order valence-electron chi connectivity index (χ2n) is 5.02. The summed E-state index contributed by atoms with van der Waals surface area (Å²) >= 11 is 0. The van der Waals surface area contributed by atoms with Gasteiger partial charge in [0, 0.05) is 7.05 Å². The zero-order valence-corrected chi connectivity index (χ0v) is 13.0. The molecule has 3 aromatic rings. The highest BCUT2D eigenvalue weighted by molar-refractivity contribution is 6.00. The summed E-state index contributed by atoms with van der Waals surface area (Å²) in [6, 6.07) is 17.1. The minimum absolute atomic E-state index is 0.131. The molecule has 0 saturated carbocycles. The zero-order chi connectivity index (χ0) is 16.2. The van der Waals surface area contributed by atoms with E-state index in [1.807, 2.05) is 48.5 Å². The van der Waals surface area contributed by atoms with Crippen LogP contribution >= 0.6 is 0 Å². The average Bonchev–Trinajstić information content (AvgIpc) is 2.98. The van der Waals surface area contributed by atoms with Crippen molar-refractivity contribution in [3.8, 4) is 5.75 Å². The van der Waals surface area contributed by atoms with Gasteiger partial charge in [0.25, 0.3) is 0 Å². The Morgan fingerprint density at radius 2 is 1.78 bits per heavy atom. The number of hydrogen-bond acceptors (Lipinski definition) is 4. The maximum atomic E-state index is 12.4. The number of furan rings is 1. The van der Waals surface area contributed by atoms with Crippen LogP contribution in [0.5, 0.6) is 5.75 Å². The van der Waals surface area contributed by atoms with Crippen LogP contribution in [0.3, 0.4) is 0 Å². The van der Waals surface area contributed by atoms with E-state index >= 15 is 0 Å². The molecule has 0 unspecified atom stereocenters. The molecule has 0 saturated heterocycles. The number of hydroxylamine groups is 2. The number of ether oxygens (including phenoxy) is 1. The highest BCUT2D eigenvalue weighted by Crippen LogP contribution is 2.34. The first-order valence-electron chi connectivity index (χ1n) is 7.21. The molecule has 0 spiro atoms. The van der Waals surface area contributed by atoms with Crippen LogP contribution in [-0.2, 0) is 11.4 Å². The molecule has 0 radical (unpaired) electrons. The zero-order valence-electron chi connectivity index (χ0n) is 13.0. The third-order valence-electron chi connectivity index (χ3n) is 3.53. The van der Waals surface area contributed by atoms with Crippen molar-refractivity contribution in [3.05, 3.63) is 65.9 Å². The molecule has 1 heterocycles. The van der Waals surface area contributed by atoms with Crippen molar-refractivity contribution < 1.29 is 18.8 Å². The van der Waals surface area contributed by atoms with Gasteiger partial charge in [-0.05, 0) is 17.7 Å². The van der Waals surface area contributed by atoms with E-state index in [9.17, 15) is 4.79 Å². The van der Waals surface area contributed by atoms with E-state index < -0.39 is 5.91 Å². The van der Waals surface area contributed by atoms with Crippen LogP contribution in [-0.4, -0.2) is 25.1 Å². The maximum Gasteiger partial charge on any atom is 0.316 e. The van der Waals surface area contributed by atoms with Gasteiger partial charge in [0.1, 0.15) is 12.2 Å². The SMILES string of the molecule is CON(C)C(=O)c1oc2ccccc2c1OCc1ccccc1. The first-order valence-corrected chi connectivity index (χ1v) is 7.21. The van der Waals surface area contributed by atoms with Gasteiger partial charge in [-0.1, -0.05) is 42.5 Å². The van der Waals surface area contributed by atoms with Crippen LogP contribution < -0.4 is 4.74 Å². The van der Waals surface area contributed by atoms with Crippen molar-refractivity contribution in [2.45, 2.75) is 6.61 Å². The minimum atomic E-state index is -0.397. The third kappa shape index (κ3) is 3.05. The predicted molar refractivity (Wildman–Crippen MR) is 86.1 cm³/mol. The lowest BCUT2D eigenvalue weighted by atomic mass is 10.2. The smallest absolute Gasteiger partial charge is 0.316 e. The molecule has 0 atom stereocenters. The molecule has 1 aromatic heterocycles. The van der Waals surface area contributed by atoms with Crippen LogP contribution in [0, 0.1) is 0 Å². The molecule has 1 amide bonds. The molecule has 5 heteroatoms. The Kier molecular flexibility index (Phi) is 4.30. The Hall–Kier alpha value is -2.79. The van der Waals surface area contributed by atoms with Crippen molar-refractivity contribution in [1.82, 2.24) is 5.06 Å². The molecule has 0 aliphatic carbocycles. The van der Waals surface area contributed by atoms with Crippen molar-refractivity contribution in [1.29, 1.82) is 0 Å². The molecule has 5 nitrogen and oxygen atoms in total. The van der Waals surface area contributed by atoms with Gasteiger partial charge < -0.3 is 9.15 Å². The Bertz CT molecular complexity index is 810. The number of carbonyl (C=O) groups is 1. The van der Waals surface area contributed by atoms with Gasteiger partial charge in [-0.2, -0.15) is 0 Å². The van der Waals surface area contributed by atoms with Gasteiger partial charge in [0.2, 0.25) is 5.76 Å². The fraction of sp³-hybridized carbons (Fsp3) is 0.167. The van der Waals surface area contributed by atoms with E-state index in [4.69, 9.17) is 14.0 Å². The van der Waals surface area contributed by atoms with E-state index in [0.717, 1.165) is 16.0 Å². The monoisotopic (exact) mass is 311 g/mol. The molecule has 23 heavy (non-hydrogen) atoms. The van der Waals surface area contributed by atoms with Crippen LogP contribution in [0.2, 0.25) is 0 Å². The van der Waals surface area contributed by atoms with Gasteiger partial charge in [-0.25, -0.2) is 5.06 Å². The summed E-state index contributed by atoms with van der Waals surface area (Å²) in [5, 5.41) is 1.86. The van der Waals surface area contributed by atoms with E-state index in [1.54, 1.807) is 6.07 Å². The van der Waals surface area contributed by atoms with Gasteiger partial charge in [-0.15, -0.1) is 0 Å². The Morgan fingerprint density at radius 1 is 1.09 bits per heavy atom. The number of rotatable bonds is 5. The lowest BCUT2D eigenvalue weighted by molar-refractivity contribution is -0.0774. The topological polar surface area (TPSA) is 51.9 Å². The predicted octanol–water partition coefficient (Wildman–Crippen LogP) is 3.65. The first-order chi connectivity index (χ1) is 11.2. The summed E-state index contributed by atoms with van der Waals surface area (Å²) in [7, 11) is 2.95. The second-order valence-corrected chi connectivity index (χ2v) is 5.02. The summed E-state index contributed by atoms with van der Waals surface area (Å²) < 4.78 is 11.6. The summed E-state index contributed by atoms with van der Waals surface area (Å²) in [5.41, 5.74) is 1.61. The third-order valence-corrected chi connectivity index (χ3v) is 3.53. The second kappa shape index (κ2) is 6.54. The molecule has 0 aliphatic rings. The van der Waals surface area contributed by atoms with E-state index in [2.05, 4.69) is 0 Å². The first kappa shape index (κ1) is 15.1. The molecule has 0 aliphatic heterocycles. The number of nitrogens with zero attached hydrogens (tertiary/aromatic N) is 1. The maximum absolute atomic E-state index is 12.4. The molecule has 3 rings (SSSR count).